The summed E-state index contributed by atoms with van der Waals surface area (Å²) in [5.41, 5.74) is 1.32. The highest BCUT2D eigenvalue weighted by Crippen LogP contribution is 2.52. The molecule has 4 saturated carbocycles. The molecule has 0 spiro atoms. The van der Waals surface area contributed by atoms with Gasteiger partial charge in [-0.15, -0.1) is 0 Å². The smallest absolute Gasteiger partial charge is 0.372 e. The molecule has 5 heteroatoms. The summed E-state index contributed by atoms with van der Waals surface area (Å²) in [6, 6.07) is 0. The van der Waals surface area contributed by atoms with Gasteiger partial charge in [-0.3, -0.25) is 0 Å². The zero-order valence-corrected chi connectivity index (χ0v) is 12.3. The quantitative estimate of drug-likeness (QED) is 0.345. The van der Waals surface area contributed by atoms with Crippen molar-refractivity contribution in [2.24, 2.45) is 28.8 Å². The number of hydrogen-bond donors (Lipinski definition) is 0. The summed E-state index contributed by atoms with van der Waals surface area (Å²) in [4.78, 5) is 27.7. The first-order valence-electron chi connectivity index (χ1n) is 7.63. The molecule has 21 heavy (non-hydrogen) atoms. The minimum absolute atomic E-state index is 0.259. The van der Waals surface area contributed by atoms with Crippen LogP contribution in [0.3, 0.4) is 0 Å². The molecule has 0 unspecified atom stereocenters. The number of rotatable bonds is 4. The molecule has 4 aliphatic carbocycles. The van der Waals surface area contributed by atoms with Crippen molar-refractivity contribution in [2.75, 3.05) is 6.61 Å². The van der Waals surface area contributed by atoms with Crippen LogP contribution in [0.4, 0.5) is 0 Å². The van der Waals surface area contributed by atoms with E-state index < -0.39 is 18.5 Å². The van der Waals surface area contributed by atoms with Gasteiger partial charge in [0.05, 0.1) is 5.71 Å². The Labute approximate surface area is 124 Å². The van der Waals surface area contributed by atoms with Crippen molar-refractivity contribution in [3.8, 4) is 0 Å². The van der Waals surface area contributed by atoms with Crippen molar-refractivity contribution in [3.05, 3.63) is 12.2 Å². The van der Waals surface area contributed by atoms with Crippen LogP contribution in [0.25, 0.3) is 0 Å². The summed E-state index contributed by atoms with van der Waals surface area (Å²) < 4.78 is 4.74. The summed E-state index contributed by atoms with van der Waals surface area (Å²) >= 11 is 0. The van der Waals surface area contributed by atoms with Gasteiger partial charge < -0.3 is 9.57 Å². The fourth-order valence-electron chi connectivity index (χ4n) is 4.19. The van der Waals surface area contributed by atoms with E-state index in [1.807, 2.05) is 0 Å². The fraction of sp³-hybridized carbons (Fsp3) is 0.688. The van der Waals surface area contributed by atoms with E-state index in [9.17, 15) is 9.59 Å². The highest BCUT2D eigenvalue weighted by Gasteiger charge is 2.46. The molecule has 0 radical (unpaired) electrons. The van der Waals surface area contributed by atoms with Gasteiger partial charge in [0.2, 0.25) is 0 Å². The van der Waals surface area contributed by atoms with E-state index in [-0.39, 0.29) is 5.57 Å². The molecule has 0 aromatic rings. The maximum Gasteiger partial charge on any atom is 0.372 e. The van der Waals surface area contributed by atoms with Gasteiger partial charge in [-0.25, -0.2) is 9.59 Å². The molecule has 0 saturated heterocycles. The van der Waals surface area contributed by atoms with E-state index in [4.69, 9.17) is 9.57 Å². The standard InChI is InChI=1S/C16H21NO4/c1-9(2)16(19)20-8-14(18)21-17-15-12-4-10-3-11(6-12)7-13(15)5-10/h10-13H,1,3-8H2,2H3. The molecule has 0 heterocycles. The number of hydrogen-bond acceptors (Lipinski definition) is 5. The van der Waals surface area contributed by atoms with Crippen molar-refractivity contribution in [2.45, 2.75) is 39.0 Å². The Bertz CT molecular complexity index is 478. The fourth-order valence-corrected chi connectivity index (χ4v) is 4.19. The van der Waals surface area contributed by atoms with Gasteiger partial charge in [0.1, 0.15) is 0 Å². The minimum atomic E-state index is -0.633. The zero-order chi connectivity index (χ0) is 15.0. The third kappa shape index (κ3) is 3.01. The highest BCUT2D eigenvalue weighted by atomic mass is 16.7. The number of esters is 1. The molecule has 114 valence electrons. The minimum Gasteiger partial charge on any atom is -0.450 e. The molecule has 0 atom stereocenters. The molecule has 0 amide bonds. The molecule has 4 rings (SSSR count). The molecule has 5 nitrogen and oxygen atoms in total. The van der Waals surface area contributed by atoms with Crippen LogP contribution in [0, 0.1) is 23.7 Å². The Morgan fingerprint density at radius 2 is 1.71 bits per heavy atom. The van der Waals surface area contributed by atoms with Crippen LogP contribution < -0.4 is 0 Å². The lowest BCUT2D eigenvalue weighted by Crippen LogP contribution is -2.45. The predicted molar refractivity (Wildman–Crippen MR) is 76.3 cm³/mol. The average molecular weight is 291 g/mol. The average Bonchev–Trinajstić information content (AvgIpc) is 2.43. The molecule has 0 aromatic carbocycles. The van der Waals surface area contributed by atoms with Crippen LogP contribution in [0.1, 0.15) is 39.0 Å². The second-order valence-electron chi connectivity index (χ2n) is 6.64. The number of nitrogens with zero attached hydrogens (tertiary/aromatic N) is 1. The van der Waals surface area contributed by atoms with E-state index in [2.05, 4.69) is 11.7 Å². The zero-order valence-electron chi connectivity index (χ0n) is 12.3. The van der Waals surface area contributed by atoms with E-state index in [1.54, 1.807) is 0 Å². The summed E-state index contributed by atoms with van der Waals surface area (Å²) in [5, 5.41) is 4.10. The van der Waals surface area contributed by atoms with Gasteiger partial charge >= 0.3 is 11.9 Å². The van der Waals surface area contributed by atoms with Gasteiger partial charge in [0, 0.05) is 17.4 Å². The Balaban J connectivity index is 1.53. The molecule has 4 bridgehead atoms. The third-order valence-electron chi connectivity index (χ3n) is 4.90. The summed E-state index contributed by atoms with van der Waals surface area (Å²) in [5.74, 6) is 1.46. The Morgan fingerprint density at radius 3 is 2.24 bits per heavy atom. The summed E-state index contributed by atoms with van der Waals surface area (Å²) in [7, 11) is 0. The van der Waals surface area contributed by atoms with Gasteiger partial charge in [0.25, 0.3) is 0 Å². The van der Waals surface area contributed by atoms with Gasteiger partial charge in [-0.2, -0.15) is 0 Å². The van der Waals surface area contributed by atoms with Crippen molar-refractivity contribution >= 4 is 17.7 Å². The van der Waals surface area contributed by atoms with Gasteiger partial charge in [-0.1, -0.05) is 11.7 Å². The maximum atomic E-state index is 11.6. The van der Waals surface area contributed by atoms with Crippen LogP contribution in [0.5, 0.6) is 0 Å². The maximum absolute atomic E-state index is 11.6. The van der Waals surface area contributed by atoms with E-state index >= 15 is 0 Å². The van der Waals surface area contributed by atoms with E-state index in [0.29, 0.717) is 11.8 Å². The van der Waals surface area contributed by atoms with Crippen molar-refractivity contribution in [3.63, 3.8) is 0 Å². The first-order valence-corrected chi connectivity index (χ1v) is 7.63. The van der Waals surface area contributed by atoms with Crippen molar-refractivity contribution in [1.29, 1.82) is 0 Å². The third-order valence-corrected chi connectivity index (χ3v) is 4.90. The molecule has 4 aliphatic rings. The molecular formula is C16H21NO4. The lowest BCUT2D eigenvalue weighted by Gasteiger charge is -2.49. The second kappa shape index (κ2) is 5.62. The Morgan fingerprint density at radius 1 is 1.14 bits per heavy atom. The van der Waals surface area contributed by atoms with Crippen LogP contribution in [-0.4, -0.2) is 24.3 Å². The van der Waals surface area contributed by atoms with Crippen LogP contribution in [0.2, 0.25) is 0 Å². The lowest BCUT2D eigenvalue weighted by atomic mass is 9.55. The predicted octanol–water partition coefficient (Wildman–Crippen LogP) is 2.46. The number of oxime groups is 1. The van der Waals surface area contributed by atoms with Gasteiger partial charge in [0.15, 0.2) is 6.61 Å². The topological polar surface area (TPSA) is 65.0 Å². The van der Waals surface area contributed by atoms with E-state index in [1.165, 1.54) is 39.0 Å². The highest BCUT2D eigenvalue weighted by molar-refractivity contribution is 5.91. The van der Waals surface area contributed by atoms with Gasteiger partial charge in [-0.05, 0) is 50.9 Å². The SMILES string of the molecule is C=C(C)C(=O)OCC(=O)ON=C1C2CC3CC(C2)CC1C3. The van der Waals surface area contributed by atoms with Crippen LogP contribution in [-0.2, 0) is 19.2 Å². The molecule has 0 aliphatic heterocycles. The summed E-state index contributed by atoms with van der Waals surface area (Å²) in [6.45, 7) is 4.56. The number of carbonyl (C=O) groups excluding carboxylic acids is 2. The number of carbonyl (C=O) groups is 2. The van der Waals surface area contributed by atoms with Crippen LogP contribution in [0.15, 0.2) is 17.3 Å². The molecule has 0 N–H and O–H groups in total. The Kier molecular flexibility index (Phi) is 3.83. The summed E-state index contributed by atoms with van der Waals surface area (Å²) in [6.07, 6.45) is 6.13. The largest absolute Gasteiger partial charge is 0.450 e. The molecular weight excluding hydrogens is 270 g/mol. The monoisotopic (exact) mass is 291 g/mol. The van der Waals surface area contributed by atoms with Crippen molar-refractivity contribution < 1.29 is 19.2 Å². The number of ether oxygens (including phenoxy) is 1. The molecule has 0 aromatic heterocycles. The first kappa shape index (κ1) is 14.3. The van der Waals surface area contributed by atoms with Crippen LogP contribution >= 0.6 is 0 Å². The first-order chi connectivity index (χ1) is 10.0. The van der Waals surface area contributed by atoms with E-state index in [0.717, 1.165) is 17.5 Å². The lowest BCUT2D eigenvalue weighted by molar-refractivity contribution is -0.156. The van der Waals surface area contributed by atoms with Crippen molar-refractivity contribution in [1.82, 2.24) is 0 Å². The molecule has 4 fully saturated rings. The Hall–Kier alpha value is -1.65. The second-order valence-corrected chi connectivity index (χ2v) is 6.64. The normalized spacial score (nSPS) is 32.7.